The minimum absolute atomic E-state index is 0.0694. The van der Waals surface area contributed by atoms with Crippen molar-refractivity contribution in [3.05, 3.63) is 47.6 Å². The van der Waals surface area contributed by atoms with Crippen molar-refractivity contribution in [3.63, 3.8) is 0 Å². The van der Waals surface area contributed by atoms with Crippen LogP contribution in [0.15, 0.2) is 36.4 Å². The maximum atomic E-state index is 13.0. The van der Waals surface area contributed by atoms with Crippen molar-refractivity contribution in [2.75, 3.05) is 19.6 Å². The molecule has 3 aliphatic heterocycles. The molecule has 4 aliphatic rings. The number of amides is 1. The van der Waals surface area contributed by atoms with Crippen molar-refractivity contribution < 1.29 is 29.1 Å². The highest BCUT2D eigenvalue weighted by Gasteiger charge is 2.41. The first kappa shape index (κ1) is 22.0. The van der Waals surface area contributed by atoms with Crippen LogP contribution in [0.25, 0.3) is 0 Å². The van der Waals surface area contributed by atoms with Gasteiger partial charge in [-0.3, -0.25) is 4.79 Å². The van der Waals surface area contributed by atoms with Gasteiger partial charge in [0.05, 0.1) is 19.1 Å². The van der Waals surface area contributed by atoms with Gasteiger partial charge in [-0.2, -0.15) is 0 Å². The summed E-state index contributed by atoms with van der Waals surface area (Å²) < 4.78 is 11.3. The lowest BCUT2D eigenvalue weighted by molar-refractivity contribution is -0.142. The second-order valence-electron chi connectivity index (χ2n) is 9.49. The molecule has 0 bridgehead atoms. The first-order valence-electron chi connectivity index (χ1n) is 11.7. The van der Waals surface area contributed by atoms with E-state index in [2.05, 4.69) is 36.5 Å². The molecule has 3 heterocycles. The molecular weight excluding hydrogens is 423 g/mol. The van der Waals surface area contributed by atoms with Crippen LogP contribution in [0, 0.1) is 17.8 Å². The minimum atomic E-state index is -1.16. The highest BCUT2D eigenvalue weighted by molar-refractivity contribution is 6.44. The van der Waals surface area contributed by atoms with Crippen molar-refractivity contribution in [1.82, 2.24) is 10.2 Å². The molecule has 8 nitrogen and oxygen atoms in total. The summed E-state index contributed by atoms with van der Waals surface area (Å²) in [6.45, 7) is 3.89. The third-order valence-electron chi connectivity index (χ3n) is 7.26. The van der Waals surface area contributed by atoms with Gasteiger partial charge < -0.3 is 29.7 Å². The monoisotopic (exact) mass is 452 g/mol. The van der Waals surface area contributed by atoms with E-state index in [0.29, 0.717) is 43.6 Å². The smallest absolute Gasteiger partial charge is 0.522 e. The summed E-state index contributed by atoms with van der Waals surface area (Å²) in [7, 11) is -1.02. The van der Waals surface area contributed by atoms with Crippen molar-refractivity contribution in [2.24, 2.45) is 17.8 Å². The second kappa shape index (κ2) is 8.87. The number of hydrogen-bond donors (Lipinski definition) is 3. The first-order valence-corrected chi connectivity index (χ1v) is 11.7. The Morgan fingerprint density at radius 3 is 2.79 bits per heavy atom. The third-order valence-corrected chi connectivity index (χ3v) is 7.26. The molecule has 2 saturated heterocycles. The normalized spacial score (nSPS) is 28.8. The zero-order chi connectivity index (χ0) is 23.1. The van der Waals surface area contributed by atoms with E-state index in [4.69, 9.17) is 9.39 Å². The number of nitrogens with zero attached hydrogens (tertiary/aromatic N) is 1. The van der Waals surface area contributed by atoms with Gasteiger partial charge in [0, 0.05) is 0 Å². The molecule has 0 radical (unpaired) electrons. The standard InChI is InChI=1S/C24H29BN2O6/c1-14-4-2-3-5-18(14)16-10-19(26-11-16)23(28)27-12-17(13-27)32-20-7-6-15-8-9-25(31)33-22(15)21(20)24(29)30/h2-7,14,16-19,26,31H,8-13H2,1H3,(H,29,30)/t14?,16?,18-,19+/m1/s1. The number of likely N-dealkylation sites (tertiary alicyclic amines) is 1. The van der Waals surface area contributed by atoms with Crippen molar-refractivity contribution in [3.8, 4) is 11.5 Å². The summed E-state index contributed by atoms with van der Waals surface area (Å²) in [6, 6.07) is 3.24. The molecule has 2 unspecified atom stereocenters. The molecule has 9 heteroatoms. The molecule has 33 heavy (non-hydrogen) atoms. The lowest BCUT2D eigenvalue weighted by Crippen LogP contribution is -2.59. The number of benzene rings is 1. The third kappa shape index (κ3) is 4.27. The maximum absolute atomic E-state index is 13.0. The number of aryl methyl sites for hydroxylation is 1. The summed E-state index contributed by atoms with van der Waals surface area (Å²) in [5.74, 6) is 0.661. The largest absolute Gasteiger partial charge is 0.535 e. The summed E-state index contributed by atoms with van der Waals surface area (Å²) in [5, 5.41) is 22.9. The molecule has 0 saturated carbocycles. The Hall–Kier alpha value is -2.78. The number of nitrogens with one attached hydrogen (secondary N) is 1. The second-order valence-corrected chi connectivity index (χ2v) is 9.49. The lowest BCUT2D eigenvalue weighted by Gasteiger charge is -2.40. The summed E-state index contributed by atoms with van der Waals surface area (Å²) in [5.41, 5.74) is 0.676. The fourth-order valence-corrected chi connectivity index (χ4v) is 5.37. The molecule has 2 fully saturated rings. The molecule has 1 aromatic rings. The van der Waals surface area contributed by atoms with E-state index < -0.39 is 13.1 Å². The molecule has 1 aliphatic carbocycles. The van der Waals surface area contributed by atoms with Crippen molar-refractivity contribution in [2.45, 2.75) is 38.2 Å². The average molecular weight is 452 g/mol. The molecule has 4 atom stereocenters. The van der Waals surface area contributed by atoms with Crippen LogP contribution in [0.3, 0.4) is 0 Å². The number of carbonyl (C=O) groups excluding carboxylic acids is 1. The number of carbonyl (C=O) groups is 2. The van der Waals surface area contributed by atoms with Crippen LogP contribution < -0.4 is 14.7 Å². The highest BCUT2D eigenvalue weighted by Crippen LogP contribution is 2.38. The Bertz CT molecular complexity index is 1000. The Morgan fingerprint density at radius 1 is 1.24 bits per heavy atom. The Morgan fingerprint density at radius 2 is 2.03 bits per heavy atom. The summed E-state index contributed by atoms with van der Waals surface area (Å²) in [6.07, 6.45) is 10.2. The zero-order valence-corrected chi connectivity index (χ0v) is 18.6. The highest BCUT2D eigenvalue weighted by atomic mass is 16.5. The van der Waals surface area contributed by atoms with Gasteiger partial charge in [-0.25, -0.2) is 4.79 Å². The Kier molecular flexibility index (Phi) is 5.93. The molecule has 3 N–H and O–H groups in total. The van der Waals surface area contributed by atoms with Gasteiger partial charge in [0.15, 0.2) is 0 Å². The molecule has 1 amide bonds. The van der Waals surface area contributed by atoms with Gasteiger partial charge in [0.25, 0.3) is 0 Å². The van der Waals surface area contributed by atoms with E-state index in [0.717, 1.165) is 18.5 Å². The number of rotatable bonds is 5. The van der Waals surface area contributed by atoms with Crippen LogP contribution in [-0.4, -0.2) is 65.8 Å². The van der Waals surface area contributed by atoms with Crippen LogP contribution in [0.2, 0.25) is 6.32 Å². The number of fused-ring (bicyclic) bond motifs is 1. The number of carboxylic acid groups (broad SMARTS) is 1. The topological polar surface area (TPSA) is 108 Å². The zero-order valence-electron chi connectivity index (χ0n) is 18.6. The van der Waals surface area contributed by atoms with Crippen LogP contribution in [0.1, 0.15) is 29.3 Å². The van der Waals surface area contributed by atoms with Crippen LogP contribution >= 0.6 is 0 Å². The molecule has 174 valence electrons. The number of hydrogen-bond acceptors (Lipinski definition) is 6. The predicted octanol–water partition coefficient (Wildman–Crippen LogP) is 1.75. The first-order chi connectivity index (χ1) is 15.9. The van der Waals surface area contributed by atoms with E-state index in [9.17, 15) is 19.7 Å². The van der Waals surface area contributed by atoms with E-state index in [1.165, 1.54) is 0 Å². The molecular formula is C24H29BN2O6. The molecule has 0 spiro atoms. The quantitative estimate of drug-likeness (QED) is 0.585. The van der Waals surface area contributed by atoms with Crippen LogP contribution in [0.4, 0.5) is 0 Å². The fourth-order valence-electron chi connectivity index (χ4n) is 5.37. The minimum Gasteiger partial charge on any atom is -0.535 e. The van der Waals surface area contributed by atoms with E-state index in [1.807, 2.05) is 0 Å². The molecule has 5 rings (SSSR count). The van der Waals surface area contributed by atoms with Crippen LogP contribution in [0.5, 0.6) is 11.5 Å². The lowest BCUT2D eigenvalue weighted by atomic mass is 9.78. The number of aromatic carboxylic acids is 1. The van der Waals surface area contributed by atoms with E-state index in [-0.39, 0.29) is 35.1 Å². The van der Waals surface area contributed by atoms with E-state index in [1.54, 1.807) is 17.0 Å². The SMILES string of the molecule is CC1C=CC=C[C@H]1C1CN[C@H](C(=O)N2CC(Oc3ccc4c(c3C(=O)O)OB(O)CC4)C2)C1. The fraction of sp³-hybridized carbons (Fsp3) is 0.500. The predicted molar refractivity (Wildman–Crippen MR) is 122 cm³/mol. The Labute approximate surface area is 193 Å². The van der Waals surface area contributed by atoms with Gasteiger partial charge in [-0.05, 0) is 55.1 Å². The van der Waals surface area contributed by atoms with Gasteiger partial charge in [0.2, 0.25) is 5.91 Å². The van der Waals surface area contributed by atoms with Gasteiger partial charge in [-0.1, -0.05) is 37.3 Å². The molecule has 0 aromatic heterocycles. The number of ether oxygens (including phenoxy) is 1. The van der Waals surface area contributed by atoms with Crippen molar-refractivity contribution in [1.29, 1.82) is 0 Å². The van der Waals surface area contributed by atoms with Gasteiger partial charge in [0.1, 0.15) is 23.2 Å². The van der Waals surface area contributed by atoms with Crippen LogP contribution in [-0.2, 0) is 11.2 Å². The van der Waals surface area contributed by atoms with Gasteiger partial charge in [-0.15, -0.1) is 0 Å². The number of carboxylic acids is 1. The molecule has 1 aromatic carbocycles. The summed E-state index contributed by atoms with van der Waals surface area (Å²) in [4.78, 5) is 26.6. The van der Waals surface area contributed by atoms with E-state index >= 15 is 0 Å². The maximum Gasteiger partial charge on any atom is 0.522 e. The van der Waals surface area contributed by atoms with Gasteiger partial charge >= 0.3 is 13.1 Å². The van der Waals surface area contributed by atoms with Crippen molar-refractivity contribution >= 4 is 19.0 Å². The average Bonchev–Trinajstić information content (AvgIpc) is 3.25. The summed E-state index contributed by atoms with van der Waals surface area (Å²) >= 11 is 0. The Balaban J connectivity index is 1.18. The number of allylic oxidation sites excluding steroid dienone is 4.